The van der Waals surface area contributed by atoms with Crippen LogP contribution in [0.1, 0.15) is 19.8 Å². The number of para-hydroxylation sites is 1. The molecule has 20 heavy (non-hydrogen) atoms. The van der Waals surface area contributed by atoms with Crippen LogP contribution in [-0.2, 0) is 4.79 Å². The van der Waals surface area contributed by atoms with Crippen LogP contribution < -0.4 is 10.6 Å². The fourth-order valence-electron chi connectivity index (χ4n) is 2.54. The molecule has 0 saturated carbocycles. The summed E-state index contributed by atoms with van der Waals surface area (Å²) in [7, 11) is 0. The minimum Gasteiger partial charge on any atom is -0.325 e. The van der Waals surface area contributed by atoms with Gasteiger partial charge < -0.3 is 10.6 Å². The molecule has 2 rings (SSSR count). The van der Waals surface area contributed by atoms with Gasteiger partial charge in [-0.2, -0.15) is 0 Å². The van der Waals surface area contributed by atoms with Crippen molar-refractivity contribution in [3.63, 3.8) is 0 Å². The highest BCUT2D eigenvalue weighted by molar-refractivity contribution is 5.92. The third-order valence-electron chi connectivity index (χ3n) is 3.47. The second kappa shape index (κ2) is 8.95. The molecule has 1 saturated heterocycles. The van der Waals surface area contributed by atoms with Gasteiger partial charge in [-0.15, -0.1) is 12.4 Å². The van der Waals surface area contributed by atoms with Crippen molar-refractivity contribution in [3.8, 4) is 0 Å². The number of amides is 1. The van der Waals surface area contributed by atoms with E-state index in [4.69, 9.17) is 0 Å². The van der Waals surface area contributed by atoms with Crippen LogP contribution in [0.4, 0.5) is 5.69 Å². The normalized spacial score (nSPS) is 17.8. The largest absolute Gasteiger partial charge is 0.325 e. The summed E-state index contributed by atoms with van der Waals surface area (Å²) in [6.07, 6.45) is 2.22. The van der Waals surface area contributed by atoms with Crippen molar-refractivity contribution in [2.75, 3.05) is 31.5 Å². The summed E-state index contributed by atoms with van der Waals surface area (Å²) >= 11 is 0. The number of carbonyl (C=O) groups excluding carboxylic acids is 1. The minimum absolute atomic E-state index is 0. The number of nitrogens with one attached hydrogen (secondary N) is 2. The molecule has 1 heterocycles. The Bertz CT molecular complexity index is 393. The molecular formula is C15H24ClN3O. The average molecular weight is 298 g/mol. The second-order valence-electron chi connectivity index (χ2n) is 5.03. The van der Waals surface area contributed by atoms with Crippen molar-refractivity contribution in [1.29, 1.82) is 0 Å². The number of anilines is 1. The molecule has 4 nitrogen and oxygen atoms in total. The zero-order chi connectivity index (χ0) is 13.5. The van der Waals surface area contributed by atoms with Gasteiger partial charge in [0.25, 0.3) is 0 Å². The molecule has 0 radical (unpaired) electrons. The molecule has 0 bridgehead atoms. The first-order chi connectivity index (χ1) is 9.29. The molecular weight excluding hydrogens is 274 g/mol. The van der Waals surface area contributed by atoms with E-state index >= 15 is 0 Å². The Balaban J connectivity index is 0.00000200. The number of hydrogen-bond acceptors (Lipinski definition) is 3. The Kier molecular flexibility index (Phi) is 7.59. The van der Waals surface area contributed by atoms with E-state index in [2.05, 4.69) is 22.5 Å². The van der Waals surface area contributed by atoms with Gasteiger partial charge >= 0.3 is 0 Å². The van der Waals surface area contributed by atoms with Crippen molar-refractivity contribution < 1.29 is 4.79 Å². The quantitative estimate of drug-likeness (QED) is 0.845. The van der Waals surface area contributed by atoms with Crippen molar-refractivity contribution in [2.24, 2.45) is 0 Å². The van der Waals surface area contributed by atoms with Crippen molar-refractivity contribution in [3.05, 3.63) is 30.3 Å². The van der Waals surface area contributed by atoms with Crippen LogP contribution in [0.2, 0.25) is 0 Å². The summed E-state index contributed by atoms with van der Waals surface area (Å²) in [5.74, 6) is 0.0755. The van der Waals surface area contributed by atoms with E-state index in [1.54, 1.807) is 0 Å². The molecule has 1 aromatic rings. The third kappa shape index (κ3) is 5.12. The molecule has 0 aromatic heterocycles. The topological polar surface area (TPSA) is 44.4 Å². The molecule has 1 aliphatic heterocycles. The lowest BCUT2D eigenvalue weighted by atomic mass is 10.2. The summed E-state index contributed by atoms with van der Waals surface area (Å²) in [6, 6.07) is 10.1. The van der Waals surface area contributed by atoms with Gasteiger partial charge in [-0.25, -0.2) is 0 Å². The van der Waals surface area contributed by atoms with Gasteiger partial charge in [0.1, 0.15) is 0 Å². The van der Waals surface area contributed by atoms with E-state index in [-0.39, 0.29) is 18.3 Å². The van der Waals surface area contributed by atoms with Crippen molar-refractivity contribution >= 4 is 24.0 Å². The van der Waals surface area contributed by atoms with Gasteiger partial charge in [0.2, 0.25) is 5.91 Å². The number of benzene rings is 1. The second-order valence-corrected chi connectivity index (χ2v) is 5.03. The standard InChI is InChI=1S/C15H23N3O.ClH/c1-2-10-18(14-8-9-16-11-14)12-15(19)17-13-6-4-3-5-7-13;/h3-7,14,16H,2,8-12H2,1H3,(H,17,19);1H. The van der Waals surface area contributed by atoms with Crippen LogP contribution in [0, 0.1) is 0 Å². The maximum absolute atomic E-state index is 12.1. The Morgan fingerprint density at radius 2 is 2.15 bits per heavy atom. The first kappa shape index (κ1) is 17.0. The van der Waals surface area contributed by atoms with Gasteiger partial charge in [0.05, 0.1) is 6.54 Å². The molecule has 0 aliphatic carbocycles. The Hall–Kier alpha value is -1.10. The lowest BCUT2D eigenvalue weighted by molar-refractivity contribution is -0.117. The zero-order valence-electron chi connectivity index (χ0n) is 12.0. The molecule has 1 atom stereocenters. The first-order valence-corrected chi connectivity index (χ1v) is 7.09. The minimum atomic E-state index is 0. The molecule has 112 valence electrons. The van der Waals surface area contributed by atoms with Gasteiger partial charge in [-0.1, -0.05) is 25.1 Å². The first-order valence-electron chi connectivity index (χ1n) is 7.09. The van der Waals surface area contributed by atoms with Crippen molar-refractivity contribution in [2.45, 2.75) is 25.8 Å². The molecule has 2 N–H and O–H groups in total. The Morgan fingerprint density at radius 1 is 1.40 bits per heavy atom. The number of carbonyl (C=O) groups is 1. The Morgan fingerprint density at radius 3 is 2.75 bits per heavy atom. The van der Waals surface area contributed by atoms with E-state index in [1.165, 1.54) is 0 Å². The van der Waals surface area contributed by atoms with Crippen LogP contribution in [0.3, 0.4) is 0 Å². The predicted octanol–water partition coefficient (Wildman–Crippen LogP) is 2.12. The van der Waals surface area contributed by atoms with Crippen LogP contribution >= 0.6 is 12.4 Å². The monoisotopic (exact) mass is 297 g/mol. The fourth-order valence-corrected chi connectivity index (χ4v) is 2.54. The van der Waals surface area contributed by atoms with E-state index in [9.17, 15) is 4.79 Å². The van der Waals surface area contributed by atoms with Crippen LogP contribution in [0.25, 0.3) is 0 Å². The number of hydrogen-bond donors (Lipinski definition) is 2. The molecule has 1 aliphatic rings. The molecule has 1 aromatic carbocycles. The smallest absolute Gasteiger partial charge is 0.238 e. The number of halogens is 1. The van der Waals surface area contributed by atoms with E-state index in [0.29, 0.717) is 12.6 Å². The van der Waals surface area contributed by atoms with Gasteiger partial charge in [0.15, 0.2) is 0 Å². The third-order valence-corrected chi connectivity index (χ3v) is 3.47. The lowest BCUT2D eigenvalue weighted by Crippen LogP contribution is -2.42. The average Bonchev–Trinajstić information content (AvgIpc) is 2.93. The maximum Gasteiger partial charge on any atom is 0.238 e. The molecule has 0 spiro atoms. The summed E-state index contributed by atoms with van der Waals surface area (Å²) in [5, 5.41) is 6.31. The van der Waals surface area contributed by atoms with Gasteiger partial charge in [-0.3, -0.25) is 9.69 Å². The van der Waals surface area contributed by atoms with Crippen molar-refractivity contribution in [1.82, 2.24) is 10.2 Å². The highest BCUT2D eigenvalue weighted by Crippen LogP contribution is 2.10. The van der Waals surface area contributed by atoms with Gasteiger partial charge in [-0.05, 0) is 38.1 Å². The van der Waals surface area contributed by atoms with Crippen LogP contribution in [0.5, 0.6) is 0 Å². The molecule has 1 amide bonds. The zero-order valence-corrected chi connectivity index (χ0v) is 12.8. The van der Waals surface area contributed by atoms with Crippen LogP contribution in [0.15, 0.2) is 30.3 Å². The highest BCUT2D eigenvalue weighted by atomic mass is 35.5. The lowest BCUT2D eigenvalue weighted by Gasteiger charge is -2.27. The molecule has 1 unspecified atom stereocenters. The summed E-state index contributed by atoms with van der Waals surface area (Å²) < 4.78 is 0. The summed E-state index contributed by atoms with van der Waals surface area (Å²) in [6.45, 7) is 5.68. The summed E-state index contributed by atoms with van der Waals surface area (Å²) in [5.41, 5.74) is 0.869. The van der Waals surface area contributed by atoms with E-state index in [1.807, 2.05) is 30.3 Å². The van der Waals surface area contributed by atoms with E-state index < -0.39 is 0 Å². The fraction of sp³-hybridized carbons (Fsp3) is 0.533. The highest BCUT2D eigenvalue weighted by Gasteiger charge is 2.23. The molecule has 1 fully saturated rings. The molecule has 5 heteroatoms. The summed E-state index contributed by atoms with van der Waals surface area (Å²) in [4.78, 5) is 14.4. The van der Waals surface area contributed by atoms with E-state index in [0.717, 1.165) is 38.2 Å². The predicted molar refractivity (Wildman–Crippen MR) is 85.5 cm³/mol. The number of rotatable bonds is 6. The number of nitrogens with zero attached hydrogens (tertiary/aromatic N) is 1. The Labute approximate surface area is 127 Å². The van der Waals surface area contributed by atoms with Gasteiger partial charge in [0, 0.05) is 18.3 Å². The van der Waals surface area contributed by atoms with Crippen LogP contribution in [-0.4, -0.2) is 43.0 Å². The maximum atomic E-state index is 12.1. The SMILES string of the molecule is CCCN(CC(=O)Nc1ccccc1)C1CCNC1.Cl.